The highest BCUT2D eigenvalue weighted by atomic mass is 19.4. The van der Waals surface area contributed by atoms with Crippen LogP contribution in [0.3, 0.4) is 0 Å². The number of para-hydroxylation sites is 1. The van der Waals surface area contributed by atoms with Gasteiger partial charge >= 0.3 is 12.4 Å². The first-order chi connectivity index (χ1) is 14.4. The fourth-order valence-electron chi connectivity index (χ4n) is 2.90. The molecule has 0 aliphatic carbocycles. The Balaban J connectivity index is 2.05. The normalized spacial score (nSPS) is 12.4. The third-order valence-electron chi connectivity index (χ3n) is 4.48. The van der Waals surface area contributed by atoms with Gasteiger partial charge in [-0.05, 0) is 55.0 Å². The molecule has 0 amide bonds. The molecule has 31 heavy (non-hydrogen) atoms. The lowest BCUT2D eigenvalue weighted by molar-refractivity contribution is -0.143. The number of hydrogen-bond acceptors (Lipinski definition) is 3. The molecule has 3 aromatic rings. The summed E-state index contributed by atoms with van der Waals surface area (Å²) in [6.45, 7) is 1.79. The topological polar surface area (TPSA) is 28.0 Å². The Morgan fingerprint density at radius 3 is 1.84 bits per heavy atom. The molecule has 0 N–H and O–H groups in total. The molecular weight excluding hydrogens is 420 g/mol. The fourth-order valence-corrected chi connectivity index (χ4v) is 2.90. The van der Waals surface area contributed by atoms with Crippen molar-refractivity contribution in [2.45, 2.75) is 19.3 Å². The van der Waals surface area contributed by atoms with Crippen LogP contribution in [-0.2, 0) is 12.4 Å². The lowest BCUT2D eigenvalue weighted by Gasteiger charge is -2.21. The van der Waals surface area contributed by atoms with Crippen molar-refractivity contribution in [3.63, 3.8) is 0 Å². The van der Waals surface area contributed by atoms with Crippen LogP contribution in [-0.4, -0.2) is 7.05 Å². The Morgan fingerprint density at radius 2 is 1.29 bits per heavy atom. The van der Waals surface area contributed by atoms with Gasteiger partial charge in [0.05, 0.1) is 22.5 Å². The highest BCUT2D eigenvalue weighted by Crippen LogP contribution is 2.39. The van der Waals surface area contributed by atoms with Crippen molar-refractivity contribution in [2.75, 3.05) is 11.9 Å². The van der Waals surface area contributed by atoms with E-state index in [0.717, 1.165) is 11.3 Å². The van der Waals surface area contributed by atoms with Crippen molar-refractivity contribution in [2.24, 2.45) is 10.2 Å². The molecule has 0 spiro atoms. The molecule has 0 heterocycles. The summed E-state index contributed by atoms with van der Waals surface area (Å²) in [5, 5.41) is 7.68. The third kappa shape index (κ3) is 5.42. The second-order valence-corrected chi connectivity index (χ2v) is 6.85. The van der Waals surface area contributed by atoms with Gasteiger partial charge in [-0.15, -0.1) is 5.11 Å². The lowest BCUT2D eigenvalue weighted by atomic mass is 10.1. The number of aryl methyl sites for hydroxylation is 1. The number of anilines is 2. The standard InChI is InChI=1S/C22H17F6N3/c1-14-8-9-20(31(2)18-6-4-3-5-7-18)19(10-14)30-29-17-12-15(21(23,24)25)11-16(13-17)22(26,27)28/h3-13H,1-2H3. The SMILES string of the molecule is Cc1ccc(N(C)c2ccccc2)c(N=Nc2cc(C(F)(F)F)cc(C(F)(F)F)c2)c1. The van der Waals surface area contributed by atoms with Crippen LogP contribution in [0.4, 0.5) is 49.1 Å². The maximum Gasteiger partial charge on any atom is 0.416 e. The summed E-state index contributed by atoms with van der Waals surface area (Å²) in [5.41, 5.74) is -0.914. The molecule has 0 atom stereocenters. The van der Waals surface area contributed by atoms with E-state index in [1.165, 1.54) is 0 Å². The van der Waals surface area contributed by atoms with Gasteiger partial charge in [-0.1, -0.05) is 24.3 Å². The molecular formula is C22H17F6N3. The molecule has 0 bridgehead atoms. The Hall–Kier alpha value is -3.36. The molecule has 0 radical (unpaired) electrons. The first-order valence-corrected chi connectivity index (χ1v) is 9.06. The molecule has 0 aliphatic rings. The molecule has 0 aromatic heterocycles. The van der Waals surface area contributed by atoms with Crippen LogP contribution in [0, 0.1) is 6.92 Å². The molecule has 0 saturated heterocycles. The summed E-state index contributed by atoms with van der Waals surface area (Å²) in [6, 6.07) is 15.6. The minimum Gasteiger partial charge on any atom is -0.343 e. The number of nitrogens with zero attached hydrogens (tertiary/aromatic N) is 3. The summed E-state index contributed by atoms with van der Waals surface area (Å²) in [5.74, 6) is 0. The zero-order valence-electron chi connectivity index (χ0n) is 16.5. The van der Waals surface area contributed by atoms with Gasteiger partial charge < -0.3 is 4.90 Å². The molecule has 0 fully saturated rings. The zero-order valence-corrected chi connectivity index (χ0v) is 16.5. The maximum absolute atomic E-state index is 13.1. The zero-order chi connectivity index (χ0) is 22.8. The molecule has 0 saturated carbocycles. The molecule has 3 rings (SSSR count). The highest BCUT2D eigenvalue weighted by molar-refractivity contribution is 5.74. The van der Waals surface area contributed by atoms with E-state index in [4.69, 9.17) is 0 Å². The Bertz CT molecular complexity index is 1060. The fraction of sp³-hybridized carbons (Fsp3) is 0.182. The first kappa shape index (κ1) is 22.3. The largest absolute Gasteiger partial charge is 0.416 e. The van der Waals surface area contributed by atoms with E-state index < -0.39 is 29.2 Å². The number of benzene rings is 3. The van der Waals surface area contributed by atoms with Gasteiger partial charge in [-0.2, -0.15) is 31.5 Å². The Kier molecular flexibility index (Phi) is 6.06. The van der Waals surface area contributed by atoms with Crippen LogP contribution in [0.2, 0.25) is 0 Å². The Labute approximate surface area is 174 Å². The molecule has 3 nitrogen and oxygen atoms in total. The van der Waals surface area contributed by atoms with Gasteiger partial charge in [-0.3, -0.25) is 0 Å². The van der Waals surface area contributed by atoms with Crippen molar-refractivity contribution < 1.29 is 26.3 Å². The van der Waals surface area contributed by atoms with Crippen LogP contribution in [0.5, 0.6) is 0 Å². The van der Waals surface area contributed by atoms with Gasteiger partial charge in [-0.25, -0.2) is 0 Å². The van der Waals surface area contributed by atoms with Crippen molar-refractivity contribution in [3.05, 3.63) is 83.4 Å². The number of azo groups is 1. The number of alkyl halides is 6. The number of hydrogen-bond donors (Lipinski definition) is 0. The molecule has 3 aromatic carbocycles. The molecule has 0 aliphatic heterocycles. The van der Waals surface area contributed by atoms with E-state index >= 15 is 0 Å². The lowest BCUT2D eigenvalue weighted by Crippen LogP contribution is -2.10. The van der Waals surface area contributed by atoms with Gasteiger partial charge in [0.2, 0.25) is 0 Å². The minimum absolute atomic E-state index is 0.0558. The van der Waals surface area contributed by atoms with Gasteiger partial charge in [0.1, 0.15) is 5.69 Å². The smallest absolute Gasteiger partial charge is 0.343 e. The van der Waals surface area contributed by atoms with Gasteiger partial charge in [0, 0.05) is 12.7 Å². The van der Waals surface area contributed by atoms with Crippen LogP contribution < -0.4 is 4.90 Å². The minimum atomic E-state index is -4.95. The summed E-state index contributed by atoms with van der Waals surface area (Å²) < 4.78 is 78.4. The summed E-state index contributed by atoms with van der Waals surface area (Å²) in [4.78, 5) is 1.79. The maximum atomic E-state index is 13.1. The third-order valence-corrected chi connectivity index (χ3v) is 4.48. The van der Waals surface area contributed by atoms with Crippen LogP contribution in [0.15, 0.2) is 77.0 Å². The van der Waals surface area contributed by atoms with E-state index in [9.17, 15) is 26.3 Å². The Morgan fingerprint density at radius 1 is 0.710 bits per heavy atom. The van der Waals surface area contributed by atoms with Crippen molar-refractivity contribution in [3.8, 4) is 0 Å². The van der Waals surface area contributed by atoms with Crippen molar-refractivity contribution >= 4 is 22.7 Å². The van der Waals surface area contributed by atoms with Crippen LogP contribution in [0.25, 0.3) is 0 Å². The quantitative estimate of drug-likeness (QED) is 0.299. The van der Waals surface area contributed by atoms with Crippen molar-refractivity contribution in [1.29, 1.82) is 0 Å². The van der Waals surface area contributed by atoms with Crippen LogP contribution >= 0.6 is 0 Å². The van der Waals surface area contributed by atoms with Gasteiger partial charge in [0.25, 0.3) is 0 Å². The molecule has 162 valence electrons. The van der Waals surface area contributed by atoms with E-state index in [-0.39, 0.29) is 6.07 Å². The first-order valence-electron chi connectivity index (χ1n) is 9.06. The summed E-state index contributed by atoms with van der Waals surface area (Å²) in [7, 11) is 1.77. The van der Waals surface area contributed by atoms with E-state index in [1.54, 1.807) is 31.0 Å². The van der Waals surface area contributed by atoms with E-state index in [1.807, 2.05) is 36.4 Å². The van der Waals surface area contributed by atoms with E-state index in [2.05, 4.69) is 10.2 Å². The van der Waals surface area contributed by atoms with Crippen LogP contribution in [0.1, 0.15) is 16.7 Å². The average molecular weight is 437 g/mol. The highest BCUT2D eigenvalue weighted by Gasteiger charge is 2.37. The summed E-state index contributed by atoms with van der Waals surface area (Å²) in [6.07, 6.45) is -9.90. The van der Waals surface area contributed by atoms with Crippen molar-refractivity contribution in [1.82, 2.24) is 0 Å². The average Bonchev–Trinajstić information content (AvgIpc) is 2.71. The van der Waals surface area contributed by atoms with Gasteiger partial charge in [0.15, 0.2) is 0 Å². The molecule has 0 unspecified atom stereocenters. The van der Waals surface area contributed by atoms with E-state index in [0.29, 0.717) is 23.5 Å². The predicted octanol–water partition coefficient (Wildman–Crippen LogP) is 8.22. The number of halogens is 6. The second-order valence-electron chi connectivity index (χ2n) is 6.85. The summed E-state index contributed by atoms with van der Waals surface area (Å²) >= 11 is 0. The number of rotatable bonds is 4. The molecule has 9 heteroatoms. The second kappa shape index (κ2) is 8.41. The monoisotopic (exact) mass is 437 g/mol. The predicted molar refractivity (Wildman–Crippen MR) is 106 cm³/mol.